The van der Waals surface area contributed by atoms with Crippen LogP contribution < -0.4 is 21.6 Å². The van der Waals surface area contributed by atoms with Crippen LogP contribution >= 0.6 is 11.3 Å². The number of nitrogens with one attached hydrogen (secondary N) is 4. The number of pyridine rings is 1. The van der Waals surface area contributed by atoms with Crippen LogP contribution in [0.15, 0.2) is 53.9 Å². The van der Waals surface area contributed by atoms with Gasteiger partial charge in [0.15, 0.2) is 5.54 Å². The van der Waals surface area contributed by atoms with Crippen LogP contribution in [0.3, 0.4) is 0 Å². The lowest BCUT2D eigenvalue weighted by Gasteiger charge is -2.39. The summed E-state index contributed by atoms with van der Waals surface area (Å²) in [5.74, 6) is 0. The van der Waals surface area contributed by atoms with Crippen molar-refractivity contribution in [3.05, 3.63) is 70.6 Å². The first kappa shape index (κ1) is 30.0. The zero-order valence-corrected chi connectivity index (χ0v) is 25.8. The minimum absolute atomic E-state index is 0.00828. The second kappa shape index (κ2) is 11.0. The lowest BCUT2D eigenvalue weighted by Crippen LogP contribution is -2.52. The predicted octanol–water partition coefficient (Wildman–Crippen LogP) is 6.23. The molecule has 1 saturated heterocycles. The Hall–Kier alpha value is -4.63. The average molecular weight is 646 g/mol. The smallest absolute Gasteiger partial charge is 0.381 e. The molecule has 3 aliphatic rings. The number of fused-ring (bicyclic) bond motifs is 2. The Morgan fingerprint density at radius 2 is 1.96 bits per heavy atom. The molecule has 10 nitrogen and oxygen atoms in total. The first-order valence-electron chi connectivity index (χ1n) is 14.8. The minimum Gasteiger partial charge on any atom is -0.381 e. The molecule has 1 saturated carbocycles. The SMILES string of the molecule is CC1(C)COCC[C@@H]1Nc1c(C#N)cnc2c(C#N)cc(N[C@H](C3=CN(C4(C(F)(F)F)CC4)NN3)c3cccc4ncsc34)cc12. The first-order chi connectivity index (χ1) is 22.0. The molecule has 2 fully saturated rings. The van der Waals surface area contributed by atoms with Gasteiger partial charge in [-0.3, -0.25) is 9.99 Å². The Kier molecular flexibility index (Phi) is 7.20. The molecule has 4 aromatic rings. The van der Waals surface area contributed by atoms with Gasteiger partial charge in [0.25, 0.3) is 0 Å². The molecule has 2 aliphatic heterocycles. The van der Waals surface area contributed by atoms with E-state index in [2.05, 4.69) is 57.5 Å². The van der Waals surface area contributed by atoms with Crippen molar-refractivity contribution in [2.45, 2.75) is 56.9 Å². The normalized spacial score (nSPS) is 20.8. The number of rotatable bonds is 7. The Morgan fingerprint density at radius 1 is 1.15 bits per heavy atom. The van der Waals surface area contributed by atoms with E-state index in [-0.39, 0.29) is 29.9 Å². The molecule has 0 unspecified atom stereocenters. The third-order valence-electron chi connectivity index (χ3n) is 9.12. The highest BCUT2D eigenvalue weighted by molar-refractivity contribution is 7.17. The van der Waals surface area contributed by atoms with E-state index in [0.717, 1.165) is 27.2 Å². The number of hydrogen-bond donors (Lipinski definition) is 4. The van der Waals surface area contributed by atoms with Gasteiger partial charge >= 0.3 is 6.18 Å². The van der Waals surface area contributed by atoms with E-state index in [1.54, 1.807) is 11.6 Å². The molecular weight excluding hydrogens is 615 g/mol. The number of alkyl halides is 3. The molecule has 0 radical (unpaired) electrons. The van der Waals surface area contributed by atoms with E-state index in [1.165, 1.54) is 23.7 Å². The van der Waals surface area contributed by atoms with Crippen LogP contribution in [0.25, 0.3) is 21.1 Å². The van der Waals surface area contributed by atoms with Crippen molar-refractivity contribution in [1.29, 1.82) is 10.5 Å². The van der Waals surface area contributed by atoms with Gasteiger partial charge in [0, 0.05) is 41.5 Å². The molecule has 1 aliphatic carbocycles. The number of benzene rings is 2. The van der Waals surface area contributed by atoms with Gasteiger partial charge in [-0.15, -0.1) is 16.9 Å². The summed E-state index contributed by atoms with van der Waals surface area (Å²) in [5, 5.41) is 29.0. The summed E-state index contributed by atoms with van der Waals surface area (Å²) in [7, 11) is 0. The first-order valence-corrected chi connectivity index (χ1v) is 15.7. The molecule has 46 heavy (non-hydrogen) atoms. The zero-order valence-electron chi connectivity index (χ0n) is 25.0. The van der Waals surface area contributed by atoms with Gasteiger partial charge in [-0.1, -0.05) is 26.0 Å². The Bertz CT molecular complexity index is 1950. The largest absolute Gasteiger partial charge is 0.413 e. The van der Waals surface area contributed by atoms with Crippen LogP contribution in [0.5, 0.6) is 0 Å². The lowest BCUT2D eigenvalue weighted by atomic mass is 9.81. The van der Waals surface area contributed by atoms with Crippen LogP contribution in [0.2, 0.25) is 0 Å². The van der Waals surface area contributed by atoms with Crippen molar-refractivity contribution in [2.75, 3.05) is 23.8 Å². The fraction of sp³-hybridized carbons (Fsp3) is 0.375. The zero-order chi connectivity index (χ0) is 32.3. The van der Waals surface area contributed by atoms with E-state index in [1.807, 2.05) is 24.3 Å². The summed E-state index contributed by atoms with van der Waals surface area (Å²) < 4.78 is 48.7. The van der Waals surface area contributed by atoms with Crippen LogP contribution in [0, 0.1) is 28.1 Å². The van der Waals surface area contributed by atoms with Gasteiger partial charge in [-0.25, -0.2) is 4.98 Å². The number of hydrogen-bond acceptors (Lipinski definition) is 11. The number of thiazole rings is 1. The van der Waals surface area contributed by atoms with E-state index in [4.69, 9.17) is 4.74 Å². The quantitative estimate of drug-likeness (QED) is 0.183. The number of ether oxygens (including phenoxy) is 1. The highest BCUT2D eigenvalue weighted by Gasteiger charge is 2.67. The molecule has 7 rings (SSSR count). The third kappa shape index (κ3) is 5.03. The molecule has 2 atom stereocenters. The summed E-state index contributed by atoms with van der Waals surface area (Å²) in [6, 6.07) is 12.9. The van der Waals surface area contributed by atoms with Crippen molar-refractivity contribution in [2.24, 2.45) is 5.41 Å². The second-order valence-electron chi connectivity index (χ2n) is 12.6. The Morgan fingerprint density at radius 3 is 2.67 bits per heavy atom. The molecule has 4 N–H and O–H groups in total. The van der Waals surface area contributed by atoms with Gasteiger partial charge < -0.3 is 20.8 Å². The topological polar surface area (TPSA) is 134 Å². The molecular formula is C32H30F3N9OS. The summed E-state index contributed by atoms with van der Waals surface area (Å²) in [4.78, 5) is 8.91. The molecule has 0 amide bonds. The number of aromatic nitrogens is 2. The number of halogens is 3. The third-order valence-corrected chi connectivity index (χ3v) is 10.0. The van der Waals surface area contributed by atoms with Gasteiger partial charge in [0.2, 0.25) is 0 Å². The molecule has 4 heterocycles. The standard InChI is InChI=1S/C32H30F3N9OS/c1-30(2)16-45-9-6-25(30)41-27-19(13-37)14-38-26-18(12-36)10-20(11-22(26)27)40-28(21-4-3-5-23-29(21)46-17-39-23)24-15-44(43-42-24)31(7-8-31)32(33,34)35/h3-5,10-11,14-15,17,25,28,40,42-43H,6-9,16H2,1-2H3,(H,38,41)/t25-,28-/m0/s1. The van der Waals surface area contributed by atoms with E-state index in [9.17, 15) is 23.7 Å². The van der Waals surface area contributed by atoms with Crippen LogP contribution in [-0.2, 0) is 4.74 Å². The van der Waals surface area contributed by atoms with Crippen LogP contribution in [0.4, 0.5) is 24.5 Å². The fourth-order valence-electron chi connectivity index (χ4n) is 6.29. The predicted molar refractivity (Wildman–Crippen MR) is 168 cm³/mol. The van der Waals surface area contributed by atoms with Crippen molar-refractivity contribution in [1.82, 2.24) is 25.9 Å². The van der Waals surface area contributed by atoms with E-state index >= 15 is 0 Å². The maximum absolute atomic E-state index is 14.0. The van der Waals surface area contributed by atoms with Crippen LogP contribution in [0.1, 0.15) is 55.8 Å². The molecule has 14 heteroatoms. The van der Waals surface area contributed by atoms with Gasteiger partial charge in [0.1, 0.15) is 12.1 Å². The Balaban J connectivity index is 1.34. The highest BCUT2D eigenvalue weighted by Crippen LogP contribution is 2.54. The molecule has 0 spiro atoms. The molecule has 0 bridgehead atoms. The molecule has 2 aromatic heterocycles. The van der Waals surface area contributed by atoms with Gasteiger partial charge in [-0.05, 0) is 43.0 Å². The number of hydrazine groups is 2. The maximum atomic E-state index is 14.0. The van der Waals surface area contributed by atoms with E-state index < -0.39 is 17.8 Å². The van der Waals surface area contributed by atoms with Crippen LogP contribution in [-0.4, -0.2) is 45.9 Å². The lowest BCUT2D eigenvalue weighted by molar-refractivity contribution is -0.195. The van der Waals surface area contributed by atoms with Gasteiger partial charge in [-0.2, -0.15) is 23.7 Å². The maximum Gasteiger partial charge on any atom is 0.413 e. The molecule has 236 valence electrons. The van der Waals surface area contributed by atoms with Crippen molar-refractivity contribution >= 4 is 43.8 Å². The fourth-order valence-corrected chi connectivity index (χ4v) is 7.13. The summed E-state index contributed by atoms with van der Waals surface area (Å²) >= 11 is 1.43. The van der Waals surface area contributed by atoms with E-state index in [0.29, 0.717) is 46.8 Å². The van der Waals surface area contributed by atoms with Crippen molar-refractivity contribution < 1.29 is 17.9 Å². The number of nitrogens with zero attached hydrogens (tertiary/aromatic N) is 5. The minimum atomic E-state index is -4.41. The summed E-state index contributed by atoms with van der Waals surface area (Å²) in [5.41, 5.74) is 9.40. The van der Waals surface area contributed by atoms with Gasteiger partial charge in [0.05, 0.1) is 56.4 Å². The van der Waals surface area contributed by atoms with Crippen molar-refractivity contribution in [3.8, 4) is 12.1 Å². The summed E-state index contributed by atoms with van der Waals surface area (Å²) in [6.45, 7) is 5.33. The highest BCUT2D eigenvalue weighted by atomic mass is 32.1. The molecule has 2 aromatic carbocycles. The second-order valence-corrected chi connectivity index (χ2v) is 13.4. The average Bonchev–Trinajstić information content (AvgIpc) is 3.47. The number of nitriles is 2. The van der Waals surface area contributed by atoms with Crippen molar-refractivity contribution in [3.63, 3.8) is 0 Å². The Labute approximate surface area is 266 Å². The number of anilines is 2. The monoisotopic (exact) mass is 645 g/mol. The summed E-state index contributed by atoms with van der Waals surface area (Å²) in [6.07, 6.45) is -0.778.